The summed E-state index contributed by atoms with van der Waals surface area (Å²) in [5.41, 5.74) is 0. The molecular weight excluding hydrogens is 308 g/mol. The van der Waals surface area contributed by atoms with Gasteiger partial charge >= 0.3 is 0 Å². The molecule has 1 aromatic heterocycles. The van der Waals surface area contributed by atoms with Crippen molar-refractivity contribution < 1.29 is 9.26 Å². The number of hydrogen-bond donors (Lipinski definition) is 2. The van der Waals surface area contributed by atoms with Crippen LogP contribution in [0.4, 0.5) is 0 Å². The first-order valence-corrected chi connectivity index (χ1v) is 8.76. The van der Waals surface area contributed by atoms with E-state index in [2.05, 4.69) is 44.5 Å². The van der Waals surface area contributed by atoms with E-state index in [-0.39, 0.29) is 0 Å². The Kier molecular flexibility index (Phi) is 7.97. The van der Waals surface area contributed by atoms with Crippen LogP contribution >= 0.6 is 0 Å². The molecule has 8 nitrogen and oxygen atoms in total. The highest BCUT2D eigenvalue weighted by molar-refractivity contribution is 5.79. The van der Waals surface area contributed by atoms with Crippen LogP contribution in [0.2, 0.25) is 0 Å². The molecule has 0 atom stereocenters. The molecule has 0 spiro atoms. The Bertz CT molecular complexity index is 497. The van der Waals surface area contributed by atoms with Gasteiger partial charge in [-0.2, -0.15) is 4.98 Å². The fraction of sp³-hybridized carbons (Fsp3) is 0.812. The number of rotatable bonds is 8. The maximum absolute atomic E-state index is 5.35. The third-order valence-corrected chi connectivity index (χ3v) is 3.91. The monoisotopic (exact) mass is 338 g/mol. The third-order valence-electron chi connectivity index (χ3n) is 3.91. The first kappa shape index (κ1) is 18.7. The highest BCUT2D eigenvalue weighted by Gasteiger charge is 2.10. The van der Waals surface area contributed by atoms with Gasteiger partial charge in [-0.25, -0.2) is 0 Å². The van der Waals surface area contributed by atoms with E-state index in [1.807, 2.05) is 0 Å². The number of aliphatic imine (C=N–C) groups is 1. The maximum atomic E-state index is 5.35. The molecule has 0 bridgehead atoms. The Morgan fingerprint density at radius 1 is 1.25 bits per heavy atom. The Labute approximate surface area is 144 Å². The van der Waals surface area contributed by atoms with Crippen LogP contribution < -0.4 is 10.6 Å². The van der Waals surface area contributed by atoms with Crippen molar-refractivity contribution in [2.24, 2.45) is 4.99 Å². The highest BCUT2D eigenvalue weighted by Crippen LogP contribution is 2.10. The molecule has 1 aliphatic rings. The van der Waals surface area contributed by atoms with Gasteiger partial charge < -0.3 is 19.9 Å². The standard InChI is InChI=1S/C16H30N6O2/c1-13(2)15-20-14(24-21-15)5-4-6-18-16(17-3)19-7-8-22-9-11-23-12-10-22/h13H,4-12H2,1-3H3,(H2,17,18,19). The van der Waals surface area contributed by atoms with Gasteiger partial charge in [0.05, 0.1) is 13.2 Å². The lowest BCUT2D eigenvalue weighted by Crippen LogP contribution is -2.44. The zero-order chi connectivity index (χ0) is 17.2. The Hall–Kier alpha value is -1.67. The number of aromatic nitrogens is 2. The van der Waals surface area contributed by atoms with Gasteiger partial charge in [0.15, 0.2) is 11.8 Å². The second kappa shape index (κ2) is 10.2. The van der Waals surface area contributed by atoms with Crippen LogP contribution in [-0.4, -0.2) is 74.0 Å². The number of morpholine rings is 1. The molecule has 2 heterocycles. The molecule has 1 fully saturated rings. The normalized spacial score (nSPS) is 16.6. The number of aryl methyl sites for hydroxylation is 1. The largest absolute Gasteiger partial charge is 0.379 e. The minimum absolute atomic E-state index is 0.301. The third kappa shape index (κ3) is 6.45. The number of hydrogen-bond acceptors (Lipinski definition) is 6. The van der Waals surface area contributed by atoms with E-state index in [0.717, 1.165) is 70.6 Å². The SMILES string of the molecule is CN=C(NCCCc1nc(C(C)C)no1)NCCN1CCOCC1. The molecule has 2 rings (SSSR count). The van der Waals surface area contributed by atoms with Crippen LogP contribution in [0.25, 0.3) is 0 Å². The van der Waals surface area contributed by atoms with Crippen LogP contribution in [0, 0.1) is 0 Å². The van der Waals surface area contributed by atoms with Crippen molar-refractivity contribution in [2.75, 3.05) is 53.0 Å². The molecule has 2 N–H and O–H groups in total. The van der Waals surface area contributed by atoms with Crippen LogP contribution in [0.5, 0.6) is 0 Å². The van der Waals surface area contributed by atoms with Crippen molar-refractivity contribution in [1.29, 1.82) is 0 Å². The minimum Gasteiger partial charge on any atom is -0.379 e. The van der Waals surface area contributed by atoms with Gasteiger partial charge in [-0.3, -0.25) is 9.89 Å². The van der Waals surface area contributed by atoms with Crippen molar-refractivity contribution >= 4 is 5.96 Å². The van der Waals surface area contributed by atoms with Gasteiger partial charge in [0.25, 0.3) is 0 Å². The van der Waals surface area contributed by atoms with Gasteiger partial charge in [-0.15, -0.1) is 0 Å². The average molecular weight is 338 g/mol. The van der Waals surface area contributed by atoms with Crippen LogP contribution in [0.15, 0.2) is 9.52 Å². The van der Waals surface area contributed by atoms with Crippen LogP contribution in [-0.2, 0) is 11.2 Å². The highest BCUT2D eigenvalue weighted by atomic mass is 16.5. The Balaban J connectivity index is 1.57. The fourth-order valence-electron chi connectivity index (χ4n) is 2.43. The van der Waals surface area contributed by atoms with Gasteiger partial charge in [0, 0.05) is 52.1 Å². The molecule has 0 aromatic carbocycles. The van der Waals surface area contributed by atoms with Crippen molar-refractivity contribution in [3.63, 3.8) is 0 Å². The first-order chi connectivity index (χ1) is 11.7. The Morgan fingerprint density at radius 2 is 2.00 bits per heavy atom. The molecule has 1 aromatic rings. The summed E-state index contributed by atoms with van der Waals surface area (Å²) in [6.07, 6.45) is 1.70. The summed E-state index contributed by atoms with van der Waals surface area (Å²) < 4.78 is 10.6. The van der Waals surface area contributed by atoms with Crippen molar-refractivity contribution in [2.45, 2.75) is 32.6 Å². The lowest BCUT2D eigenvalue weighted by molar-refractivity contribution is 0.0389. The molecule has 24 heavy (non-hydrogen) atoms. The summed E-state index contributed by atoms with van der Waals surface area (Å²) in [5, 5.41) is 10.6. The van der Waals surface area contributed by atoms with E-state index in [4.69, 9.17) is 9.26 Å². The quantitative estimate of drug-likeness (QED) is 0.408. The second-order valence-electron chi connectivity index (χ2n) is 6.18. The summed E-state index contributed by atoms with van der Waals surface area (Å²) in [4.78, 5) is 11.0. The number of guanidine groups is 1. The number of nitrogens with one attached hydrogen (secondary N) is 2. The second-order valence-corrected chi connectivity index (χ2v) is 6.18. The molecular formula is C16H30N6O2. The van der Waals surface area contributed by atoms with Crippen molar-refractivity contribution in [1.82, 2.24) is 25.7 Å². The number of nitrogens with zero attached hydrogens (tertiary/aromatic N) is 4. The van der Waals surface area contributed by atoms with Crippen LogP contribution in [0.3, 0.4) is 0 Å². The smallest absolute Gasteiger partial charge is 0.226 e. The minimum atomic E-state index is 0.301. The molecule has 0 saturated carbocycles. The van der Waals surface area contributed by atoms with Gasteiger partial charge in [-0.05, 0) is 6.42 Å². The summed E-state index contributed by atoms with van der Waals surface area (Å²) in [6, 6.07) is 0. The van der Waals surface area contributed by atoms with E-state index in [1.54, 1.807) is 7.05 Å². The predicted molar refractivity (Wildman–Crippen MR) is 93.3 cm³/mol. The molecule has 0 aliphatic carbocycles. The predicted octanol–water partition coefficient (Wildman–Crippen LogP) is 0.623. The summed E-state index contributed by atoms with van der Waals surface area (Å²) in [7, 11) is 1.79. The molecule has 0 amide bonds. The zero-order valence-corrected chi connectivity index (χ0v) is 15.0. The van der Waals surface area contributed by atoms with E-state index < -0.39 is 0 Å². The van der Waals surface area contributed by atoms with E-state index >= 15 is 0 Å². The van der Waals surface area contributed by atoms with Gasteiger partial charge in [0.2, 0.25) is 5.89 Å². The van der Waals surface area contributed by atoms with E-state index in [9.17, 15) is 0 Å². The van der Waals surface area contributed by atoms with Crippen molar-refractivity contribution in [3.8, 4) is 0 Å². The Morgan fingerprint density at radius 3 is 2.67 bits per heavy atom. The van der Waals surface area contributed by atoms with Gasteiger partial charge in [-0.1, -0.05) is 19.0 Å². The fourth-order valence-corrected chi connectivity index (χ4v) is 2.43. The molecule has 1 aliphatic heterocycles. The maximum Gasteiger partial charge on any atom is 0.226 e. The van der Waals surface area contributed by atoms with E-state index in [0.29, 0.717) is 11.8 Å². The molecule has 8 heteroatoms. The first-order valence-electron chi connectivity index (χ1n) is 8.76. The van der Waals surface area contributed by atoms with Gasteiger partial charge in [0.1, 0.15) is 0 Å². The average Bonchev–Trinajstić information content (AvgIpc) is 3.07. The lowest BCUT2D eigenvalue weighted by atomic mass is 10.2. The lowest BCUT2D eigenvalue weighted by Gasteiger charge is -2.26. The molecule has 0 unspecified atom stereocenters. The summed E-state index contributed by atoms with van der Waals surface area (Å²) >= 11 is 0. The molecule has 0 radical (unpaired) electrons. The zero-order valence-electron chi connectivity index (χ0n) is 15.0. The number of ether oxygens (including phenoxy) is 1. The summed E-state index contributed by atoms with van der Waals surface area (Å²) in [5.74, 6) is 2.61. The van der Waals surface area contributed by atoms with E-state index in [1.165, 1.54) is 0 Å². The van der Waals surface area contributed by atoms with Crippen LogP contribution in [0.1, 0.15) is 37.9 Å². The summed E-state index contributed by atoms with van der Waals surface area (Å²) in [6.45, 7) is 10.5. The molecule has 136 valence electrons. The van der Waals surface area contributed by atoms with Crippen molar-refractivity contribution in [3.05, 3.63) is 11.7 Å². The topological polar surface area (TPSA) is 87.8 Å². The molecule has 1 saturated heterocycles.